The molecule has 0 radical (unpaired) electrons. The first-order chi connectivity index (χ1) is 14.1. The number of aliphatic carboxylic acids is 1. The summed E-state index contributed by atoms with van der Waals surface area (Å²) in [5.41, 5.74) is 8.19. The summed E-state index contributed by atoms with van der Waals surface area (Å²) < 4.78 is 0. The van der Waals surface area contributed by atoms with Crippen LogP contribution in [0.2, 0.25) is 0 Å². The van der Waals surface area contributed by atoms with Gasteiger partial charge in [0.15, 0.2) is 0 Å². The van der Waals surface area contributed by atoms with Crippen molar-refractivity contribution in [1.29, 1.82) is 0 Å². The van der Waals surface area contributed by atoms with Gasteiger partial charge in [-0.25, -0.2) is 4.79 Å². The molecule has 2 rings (SSSR count). The van der Waals surface area contributed by atoms with Crippen LogP contribution in [-0.2, 0) is 4.79 Å². The Kier molecular flexibility index (Phi) is 11.0. The Labute approximate surface area is 186 Å². The molecule has 0 fully saturated rings. The first-order valence-corrected chi connectivity index (χ1v) is 11.6. The van der Waals surface area contributed by atoms with Crippen molar-refractivity contribution in [3.8, 4) is 0 Å². The highest BCUT2D eigenvalue weighted by molar-refractivity contribution is 7.99. The van der Waals surface area contributed by atoms with Gasteiger partial charge in [-0.1, -0.05) is 26.0 Å². The van der Waals surface area contributed by atoms with Crippen LogP contribution in [0.5, 0.6) is 0 Å². The SMILES string of the molecule is CCNCC.Cc1ccc(N[C@@H](CSc2ccc(C)c(C)c2C)C(=O)O)c(C)c1C. The summed E-state index contributed by atoms with van der Waals surface area (Å²) in [5.74, 6) is -0.350. The van der Waals surface area contributed by atoms with Crippen LogP contribution in [0, 0.1) is 41.5 Å². The maximum atomic E-state index is 11.7. The molecule has 0 aliphatic carbocycles. The van der Waals surface area contributed by atoms with E-state index < -0.39 is 12.0 Å². The van der Waals surface area contributed by atoms with Crippen LogP contribution in [-0.4, -0.2) is 36.0 Å². The van der Waals surface area contributed by atoms with Crippen molar-refractivity contribution in [1.82, 2.24) is 5.32 Å². The monoisotopic (exact) mass is 430 g/mol. The van der Waals surface area contributed by atoms with E-state index in [0.717, 1.165) is 29.2 Å². The molecule has 4 nitrogen and oxygen atoms in total. The summed E-state index contributed by atoms with van der Waals surface area (Å²) in [6.45, 7) is 18.9. The van der Waals surface area contributed by atoms with Crippen molar-refractivity contribution < 1.29 is 9.90 Å². The van der Waals surface area contributed by atoms with Crippen LogP contribution < -0.4 is 10.6 Å². The number of carbonyl (C=O) groups is 1. The number of benzene rings is 2. The number of thioether (sulfide) groups is 1. The Morgan fingerprint density at radius 2 is 1.40 bits per heavy atom. The number of carboxylic acid groups (broad SMARTS) is 1. The van der Waals surface area contributed by atoms with Gasteiger partial charge in [0.2, 0.25) is 0 Å². The topological polar surface area (TPSA) is 61.4 Å². The average Bonchev–Trinajstić information content (AvgIpc) is 2.71. The number of rotatable bonds is 8. The maximum Gasteiger partial charge on any atom is 0.326 e. The Morgan fingerprint density at radius 1 is 0.867 bits per heavy atom. The summed E-state index contributed by atoms with van der Waals surface area (Å²) >= 11 is 1.60. The molecule has 1 atom stereocenters. The number of aryl methyl sites for hydroxylation is 2. The third-order valence-electron chi connectivity index (χ3n) is 5.60. The minimum Gasteiger partial charge on any atom is -0.480 e. The molecule has 0 saturated carbocycles. The van der Waals surface area contributed by atoms with E-state index in [1.165, 1.54) is 27.8 Å². The zero-order valence-corrected chi connectivity index (χ0v) is 20.6. The molecule has 0 aliphatic rings. The molecule has 0 aliphatic heterocycles. The molecule has 5 heteroatoms. The normalized spacial score (nSPS) is 11.5. The molecule has 0 unspecified atom stereocenters. The van der Waals surface area contributed by atoms with Crippen LogP contribution in [0.25, 0.3) is 0 Å². The zero-order valence-electron chi connectivity index (χ0n) is 19.8. The second-order valence-corrected chi connectivity index (χ2v) is 8.68. The fourth-order valence-corrected chi connectivity index (χ4v) is 4.09. The lowest BCUT2D eigenvalue weighted by Crippen LogP contribution is -2.32. The van der Waals surface area contributed by atoms with Gasteiger partial charge in [0.25, 0.3) is 0 Å². The summed E-state index contributed by atoms with van der Waals surface area (Å²) in [7, 11) is 0. The standard InChI is InChI=1S/C21H27NO2S.C4H11N/c1-12-7-9-18(16(5)14(12)3)22-19(21(23)24)11-25-20-10-8-13(2)15(4)17(20)6;1-3-5-4-2/h7-10,19,22H,11H2,1-6H3,(H,23,24);5H,3-4H2,1-2H3/t19-;/m0./s1. The fraction of sp³-hybridized carbons (Fsp3) is 0.480. The summed E-state index contributed by atoms with van der Waals surface area (Å²) in [5, 5.41) is 15.9. The Bertz CT molecular complexity index is 848. The smallest absolute Gasteiger partial charge is 0.326 e. The number of hydrogen-bond donors (Lipinski definition) is 3. The Balaban J connectivity index is 0.000000804. The third-order valence-corrected chi connectivity index (χ3v) is 6.85. The predicted octanol–water partition coefficient (Wildman–Crippen LogP) is 5.81. The van der Waals surface area contributed by atoms with Crippen molar-refractivity contribution in [2.45, 2.75) is 66.3 Å². The number of carboxylic acids is 1. The van der Waals surface area contributed by atoms with Crippen LogP contribution >= 0.6 is 11.8 Å². The molecule has 0 heterocycles. The van der Waals surface area contributed by atoms with Crippen molar-refractivity contribution >= 4 is 23.4 Å². The van der Waals surface area contributed by atoms with Gasteiger partial charge in [-0.3, -0.25) is 0 Å². The van der Waals surface area contributed by atoms with E-state index in [2.05, 4.69) is 71.2 Å². The second-order valence-electron chi connectivity index (χ2n) is 7.61. The molecular weight excluding hydrogens is 392 g/mol. The lowest BCUT2D eigenvalue weighted by molar-refractivity contribution is -0.137. The number of anilines is 1. The molecule has 166 valence electrons. The van der Waals surface area contributed by atoms with E-state index in [1.54, 1.807) is 11.8 Å². The van der Waals surface area contributed by atoms with Crippen molar-refractivity contribution in [2.24, 2.45) is 0 Å². The molecule has 30 heavy (non-hydrogen) atoms. The first kappa shape index (κ1) is 26.1. The number of nitrogens with one attached hydrogen (secondary N) is 2. The lowest BCUT2D eigenvalue weighted by Gasteiger charge is -2.20. The van der Waals surface area contributed by atoms with Gasteiger partial charge in [0.05, 0.1) is 0 Å². The molecule has 0 spiro atoms. The molecule has 3 N–H and O–H groups in total. The van der Waals surface area contributed by atoms with Crippen LogP contribution in [0.3, 0.4) is 0 Å². The van der Waals surface area contributed by atoms with E-state index in [9.17, 15) is 9.90 Å². The Hall–Kier alpha value is -1.98. The van der Waals surface area contributed by atoms with Gasteiger partial charge < -0.3 is 15.7 Å². The molecule has 0 aromatic heterocycles. The zero-order chi connectivity index (χ0) is 22.8. The van der Waals surface area contributed by atoms with Crippen molar-refractivity contribution in [3.05, 3.63) is 57.6 Å². The minimum atomic E-state index is -0.827. The molecule has 2 aromatic rings. The van der Waals surface area contributed by atoms with E-state index in [1.807, 2.05) is 19.1 Å². The highest BCUT2D eigenvalue weighted by Crippen LogP contribution is 2.28. The van der Waals surface area contributed by atoms with Gasteiger partial charge in [-0.2, -0.15) is 0 Å². The Morgan fingerprint density at radius 3 is 1.90 bits per heavy atom. The van der Waals surface area contributed by atoms with E-state index in [4.69, 9.17) is 0 Å². The van der Waals surface area contributed by atoms with Gasteiger partial charge in [-0.15, -0.1) is 11.8 Å². The maximum absolute atomic E-state index is 11.7. The predicted molar refractivity (Wildman–Crippen MR) is 131 cm³/mol. The molecule has 2 aromatic carbocycles. The highest BCUT2D eigenvalue weighted by atomic mass is 32.2. The summed E-state index contributed by atoms with van der Waals surface area (Å²) in [6.07, 6.45) is 0. The van der Waals surface area contributed by atoms with Crippen molar-refractivity contribution in [3.63, 3.8) is 0 Å². The van der Waals surface area contributed by atoms with Gasteiger partial charge >= 0.3 is 5.97 Å². The van der Waals surface area contributed by atoms with Crippen LogP contribution in [0.15, 0.2) is 29.2 Å². The largest absolute Gasteiger partial charge is 0.480 e. The van der Waals surface area contributed by atoms with E-state index in [0.29, 0.717) is 5.75 Å². The quantitative estimate of drug-likeness (QED) is 0.461. The van der Waals surface area contributed by atoms with Crippen LogP contribution in [0.1, 0.15) is 47.2 Å². The van der Waals surface area contributed by atoms with Crippen LogP contribution in [0.4, 0.5) is 5.69 Å². The van der Waals surface area contributed by atoms with Crippen molar-refractivity contribution in [2.75, 3.05) is 24.2 Å². The molecule has 0 bridgehead atoms. The number of hydrogen-bond acceptors (Lipinski definition) is 4. The summed E-state index contributed by atoms with van der Waals surface area (Å²) in [6, 6.07) is 7.56. The summed E-state index contributed by atoms with van der Waals surface area (Å²) in [4.78, 5) is 12.9. The van der Waals surface area contributed by atoms with E-state index in [-0.39, 0.29) is 0 Å². The lowest BCUT2D eigenvalue weighted by atomic mass is 10.0. The fourth-order valence-electron chi connectivity index (χ4n) is 2.99. The first-order valence-electron chi connectivity index (χ1n) is 10.6. The van der Waals surface area contributed by atoms with E-state index >= 15 is 0 Å². The van der Waals surface area contributed by atoms with Gasteiger partial charge in [-0.05, 0) is 100 Å². The average molecular weight is 431 g/mol. The third kappa shape index (κ3) is 7.37. The second kappa shape index (κ2) is 12.7. The minimum absolute atomic E-state index is 0.477. The van der Waals surface area contributed by atoms with Gasteiger partial charge in [0, 0.05) is 16.3 Å². The molecule has 0 amide bonds. The highest BCUT2D eigenvalue weighted by Gasteiger charge is 2.19. The molecule has 0 saturated heterocycles. The van der Waals surface area contributed by atoms with Gasteiger partial charge in [0.1, 0.15) is 6.04 Å². The molecular formula is C25H38N2O2S.